The van der Waals surface area contributed by atoms with E-state index in [9.17, 15) is 14.5 Å². The van der Waals surface area contributed by atoms with Gasteiger partial charge in [0, 0.05) is 11.5 Å². The molecule has 0 aliphatic heterocycles. The molecule has 0 aliphatic carbocycles. The minimum Gasteiger partial charge on any atom is -0.357 e. The third kappa shape index (κ3) is 2.82. The van der Waals surface area contributed by atoms with Crippen molar-refractivity contribution in [3.8, 4) is 0 Å². The molecule has 9 heteroatoms. The second-order valence-corrected chi connectivity index (χ2v) is 4.51. The molecule has 0 atom stereocenters. The van der Waals surface area contributed by atoms with Crippen LogP contribution in [-0.2, 0) is 0 Å². The molecule has 0 amide bonds. The van der Waals surface area contributed by atoms with Crippen molar-refractivity contribution in [2.24, 2.45) is 0 Å². The number of nitrogens with one attached hydrogen (secondary N) is 2. The number of aromatic nitrogens is 2. The molecule has 0 spiro atoms. The summed E-state index contributed by atoms with van der Waals surface area (Å²) in [7, 11) is 1.57. The second kappa shape index (κ2) is 5.78. The number of nitro groups is 1. The van der Waals surface area contributed by atoms with Crippen molar-refractivity contribution < 1.29 is 9.31 Å². The lowest BCUT2D eigenvalue weighted by atomic mass is 10.3. The van der Waals surface area contributed by atoms with E-state index in [-0.39, 0.29) is 23.1 Å². The van der Waals surface area contributed by atoms with Crippen LogP contribution in [0.3, 0.4) is 0 Å². The maximum absolute atomic E-state index is 13.7. The average molecular weight is 342 g/mol. The molecule has 7 nitrogen and oxygen atoms in total. The summed E-state index contributed by atoms with van der Waals surface area (Å²) in [6, 6.07) is 4.36. The minimum absolute atomic E-state index is 0.0661. The van der Waals surface area contributed by atoms with Gasteiger partial charge in [0.15, 0.2) is 0 Å². The van der Waals surface area contributed by atoms with Gasteiger partial charge < -0.3 is 10.6 Å². The molecular weight excluding hydrogens is 333 g/mol. The van der Waals surface area contributed by atoms with Gasteiger partial charge in [0.2, 0.25) is 11.8 Å². The maximum atomic E-state index is 13.7. The van der Waals surface area contributed by atoms with E-state index in [4.69, 9.17) is 0 Å². The summed E-state index contributed by atoms with van der Waals surface area (Å²) in [5, 5.41) is 16.2. The van der Waals surface area contributed by atoms with Crippen molar-refractivity contribution >= 4 is 39.1 Å². The molecule has 104 valence electrons. The third-order valence-corrected chi connectivity index (χ3v) is 3.06. The van der Waals surface area contributed by atoms with Crippen LogP contribution in [0.25, 0.3) is 0 Å². The molecule has 1 heterocycles. The van der Waals surface area contributed by atoms with Crippen molar-refractivity contribution in [2.45, 2.75) is 0 Å². The Morgan fingerprint density at radius 3 is 2.80 bits per heavy atom. The molecule has 0 saturated heterocycles. The van der Waals surface area contributed by atoms with Crippen LogP contribution in [0.2, 0.25) is 0 Å². The van der Waals surface area contributed by atoms with E-state index in [0.29, 0.717) is 4.47 Å². The van der Waals surface area contributed by atoms with Crippen LogP contribution in [-0.4, -0.2) is 21.9 Å². The van der Waals surface area contributed by atoms with Gasteiger partial charge in [-0.3, -0.25) is 10.1 Å². The fraction of sp³-hybridized carbons (Fsp3) is 0.0909. The van der Waals surface area contributed by atoms with Gasteiger partial charge in [-0.15, -0.1) is 0 Å². The van der Waals surface area contributed by atoms with Crippen LogP contribution in [0.1, 0.15) is 0 Å². The topological polar surface area (TPSA) is 93.0 Å². The van der Waals surface area contributed by atoms with Gasteiger partial charge in [0.1, 0.15) is 12.0 Å². The maximum Gasteiger partial charge on any atom is 0.329 e. The standard InChI is InChI=1S/C11H9BrFN5O2/c1-14-11-15-5-8(18(19)20)10(17-11)16-9-6(12)3-2-4-7(9)13/h2-5H,1H3,(H2,14,15,16,17). The van der Waals surface area contributed by atoms with Crippen LogP contribution < -0.4 is 10.6 Å². The zero-order valence-electron chi connectivity index (χ0n) is 10.2. The Balaban J connectivity index is 2.49. The molecule has 20 heavy (non-hydrogen) atoms. The first-order chi connectivity index (χ1) is 9.52. The Morgan fingerprint density at radius 1 is 1.45 bits per heavy atom. The first kappa shape index (κ1) is 14.1. The summed E-state index contributed by atoms with van der Waals surface area (Å²) >= 11 is 3.17. The van der Waals surface area contributed by atoms with Gasteiger partial charge in [0.05, 0.1) is 10.6 Å². The number of benzene rings is 1. The van der Waals surface area contributed by atoms with Crippen molar-refractivity contribution in [3.05, 3.63) is 44.8 Å². The molecule has 1 aromatic heterocycles. The zero-order chi connectivity index (χ0) is 14.7. The van der Waals surface area contributed by atoms with Crippen molar-refractivity contribution in [1.29, 1.82) is 0 Å². The van der Waals surface area contributed by atoms with E-state index in [0.717, 1.165) is 6.20 Å². The van der Waals surface area contributed by atoms with Crippen LogP contribution in [0.15, 0.2) is 28.9 Å². The summed E-state index contributed by atoms with van der Waals surface area (Å²) in [4.78, 5) is 18.0. The van der Waals surface area contributed by atoms with Crippen molar-refractivity contribution in [2.75, 3.05) is 17.7 Å². The second-order valence-electron chi connectivity index (χ2n) is 3.66. The molecule has 1 aromatic carbocycles. The number of hydrogen-bond donors (Lipinski definition) is 2. The Kier molecular flexibility index (Phi) is 4.08. The summed E-state index contributed by atoms with van der Waals surface area (Å²) in [5.41, 5.74) is -0.282. The Labute approximate surface area is 121 Å². The molecule has 2 N–H and O–H groups in total. The number of anilines is 3. The van der Waals surface area contributed by atoms with E-state index in [1.54, 1.807) is 13.1 Å². The summed E-state index contributed by atoms with van der Waals surface area (Å²) in [5.74, 6) is -0.469. The van der Waals surface area contributed by atoms with Crippen LogP contribution in [0, 0.1) is 15.9 Å². The number of nitrogens with zero attached hydrogens (tertiary/aromatic N) is 3. The van der Waals surface area contributed by atoms with Gasteiger partial charge in [0.25, 0.3) is 0 Å². The molecule has 0 unspecified atom stereocenters. The molecule has 2 aromatic rings. The van der Waals surface area contributed by atoms with Gasteiger partial charge in [-0.2, -0.15) is 4.98 Å². The van der Waals surface area contributed by atoms with E-state index >= 15 is 0 Å². The highest BCUT2D eigenvalue weighted by Crippen LogP contribution is 2.31. The lowest BCUT2D eigenvalue weighted by molar-refractivity contribution is -0.384. The third-order valence-electron chi connectivity index (χ3n) is 2.40. The molecule has 0 aliphatic rings. The Bertz CT molecular complexity index is 647. The summed E-state index contributed by atoms with van der Waals surface area (Å²) in [6.07, 6.45) is 1.05. The quantitative estimate of drug-likeness (QED) is 0.655. The lowest BCUT2D eigenvalue weighted by Gasteiger charge is -2.09. The van der Waals surface area contributed by atoms with E-state index in [2.05, 4.69) is 36.5 Å². The SMILES string of the molecule is CNc1ncc([N+](=O)[O-])c(Nc2c(F)cccc2Br)n1. The van der Waals surface area contributed by atoms with E-state index in [1.807, 2.05) is 0 Å². The fourth-order valence-corrected chi connectivity index (χ4v) is 1.90. The molecule has 0 fully saturated rings. The normalized spacial score (nSPS) is 10.2. The van der Waals surface area contributed by atoms with Gasteiger partial charge in [-0.25, -0.2) is 9.37 Å². The molecule has 2 rings (SSSR count). The molecular formula is C11H9BrFN5O2. The highest BCUT2D eigenvalue weighted by molar-refractivity contribution is 9.10. The van der Waals surface area contributed by atoms with Crippen LogP contribution >= 0.6 is 15.9 Å². The highest BCUT2D eigenvalue weighted by atomic mass is 79.9. The van der Waals surface area contributed by atoms with Crippen LogP contribution in [0.5, 0.6) is 0 Å². The van der Waals surface area contributed by atoms with E-state index < -0.39 is 10.7 Å². The molecule has 0 bridgehead atoms. The van der Waals surface area contributed by atoms with E-state index in [1.165, 1.54) is 12.1 Å². The first-order valence-corrected chi connectivity index (χ1v) is 6.22. The van der Waals surface area contributed by atoms with Crippen molar-refractivity contribution in [3.63, 3.8) is 0 Å². The predicted molar refractivity (Wildman–Crippen MR) is 75.6 cm³/mol. The fourth-order valence-electron chi connectivity index (χ4n) is 1.46. The number of para-hydroxylation sites is 1. The smallest absolute Gasteiger partial charge is 0.329 e. The van der Waals surface area contributed by atoms with Gasteiger partial charge >= 0.3 is 5.69 Å². The summed E-state index contributed by atoms with van der Waals surface area (Å²) in [6.45, 7) is 0. The Hall–Kier alpha value is -2.29. The number of hydrogen-bond acceptors (Lipinski definition) is 6. The minimum atomic E-state index is -0.642. The zero-order valence-corrected chi connectivity index (χ0v) is 11.8. The molecule has 0 radical (unpaired) electrons. The average Bonchev–Trinajstić information content (AvgIpc) is 2.42. The monoisotopic (exact) mass is 341 g/mol. The molecule has 0 saturated carbocycles. The van der Waals surface area contributed by atoms with Gasteiger partial charge in [-0.1, -0.05) is 6.07 Å². The summed E-state index contributed by atoms with van der Waals surface area (Å²) < 4.78 is 14.2. The Morgan fingerprint density at radius 2 is 2.20 bits per heavy atom. The van der Waals surface area contributed by atoms with Crippen molar-refractivity contribution in [1.82, 2.24) is 9.97 Å². The predicted octanol–water partition coefficient (Wildman–Crippen LogP) is 3.07. The lowest BCUT2D eigenvalue weighted by Crippen LogP contribution is -2.05. The van der Waals surface area contributed by atoms with Gasteiger partial charge in [-0.05, 0) is 28.1 Å². The number of rotatable bonds is 4. The number of halogens is 2. The highest BCUT2D eigenvalue weighted by Gasteiger charge is 2.19. The van der Waals surface area contributed by atoms with Crippen LogP contribution in [0.4, 0.5) is 27.5 Å². The largest absolute Gasteiger partial charge is 0.357 e. The first-order valence-electron chi connectivity index (χ1n) is 5.43.